The van der Waals surface area contributed by atoms with Gasteiger partial charge in [-0.2, -0.15) is 5.10 Å². The van der Waals surface area contributed by atoms with E-state index in [1.807, 2.05) is 63.2 Å². The molecule has 0 bridgehead atoms. The molecule has 3 aromatic rings. The summed E-state index contributed by atoms with van der Waals surface area (Å²) in [6.45, 7) is 7.52. The first-order chi connectivity index (χ1) is 16.8. The van der Waals surface area contributed by atoms with Gasteiger partial charge in [0.25, 0.3) is 5.91 Å². The van der Waals surface area contributed by atoms with E-state index in [4.69, 9.17) is 4.74 Å². The molecule has 0 aliphatic carbocycles. The van der Waals surface area contributed by atoms with E-state index >= 15 is 0 Å². The predicted molar refractivity (Wildman–Crippen MR) is 134 cm³/mol. The van der Waals surface area contributed by atoms with E-state index in [1.54, 1.807) is 28.2 Å². The fourth-order valence-electron chi connectivity index (χ4n) is 4.25. The minimum atomic E-state index is -0.506. The molecule has 0 spiro atoms. The molecule has 2 aromatic heterocycles. The highest BCUT2D eigenvalue weighted by molar-refractivity contribution is 5.99. The van der Waals surface area contributed by atoms with Crippen molar-refractivity contribution in [3.63, 3.8) is 0 Å². The standard InChI is InChI=1S/C27H33N5O3/c1-27(2,3)35-26(34)31-16-8-9-20(18-31)13-15-29-25(33)23-19-32(22-11-5-4-6-12-22)30-24(23)21-10-7-14-28-17-21/h4-7,10-12,14,17,19-20H,8-9,13,15-16,18H2,1-3H3,(H,29,33). The van der Waals surface area contributed by atoms with Gasteiger partial charge in [0.2, 0.25) is 0 Å². The van der Waals surface area contributed by atoms with Gasteiger partial charge in [-0.05, 0) is 70.2 Å². The van der Waals surface area contributed by atoms with Crippen LogP contribution in [0, 0.1) is 5.92 Å². The van der Waals surface area contributed by atoms with Crippen LogP contribution in [0.1, 0.15) is 50.4 Å². The lowest BCUT2D eigenvalue weighted by Gasteiger charge is -2.34. The Morgan fingerprint density at radius 2 is 1.94 bits per heavy atom. The second kappa shape index (κ2) is 10.7. The normalized spacial score (nSPS) is 16.1. The Kier molecular flexibility index (Phi) is 7.48. The molecule has 3 heterocycles. The van der Waals surface area contributed by atoms with Gasteiger partial charge in [0, 0.05) is 43.8 Å². The van der Waals surface area contributed by atoms with Gasteiger partial charge in [-0.25, -0.2) is 9.48 Å². The maximum absolute atomic E-state index is 13.2. The quantitative estimate of drug-likeness (QED) is 0.558. The Labute approximate surface area is 206 Å². The summed E-state index contributed by atoms with van der Waals surface area (Å²) in [5.74, 6) is 0.146. The van der Waals surface area contributed by atoms with Gasteiger partial charge in [-0.1, -0.05) is 18.2 Å². The largest absolute Gasteiger partial charge is 0.444 e. The predicted octanol–water partition coefficient (Wildman–Crippen LogP) is 4.70. The Morgan fingerprint density at radius 1 is 1.14 bits per heavy atom. The molecule has 1 N–H and O–H groups in total. The number of hydrogen-bond donors (Lipinski definition) is 1. The van der Waals surface area contributed by atoms with Crippen molar-refractivity contribution in [1.29, 1.82) is 0 Å². The Morgan fingerprint density at radius 3 is 2.66 bits per heavy atom. The number of nitrogens with one attached hydrogen (secondary N) is 1. The minimum Gasteiger partial charge on any atom is -0.444 e. The van der Waals surface area contributed by atoms with Crippen LogP contribution in [0.25, 0.3) is 16.9 Å². The molecular weight excluding hydrogens is 442 g/mol. The van der Waals surface area contributed by atoms with Crippen molar-refractivity contribution in [3.8, 4) is 16.9 Å². The van der Waals surface area contributed by atoms with Crippen LogP contribution in [0.3, 0.4) is 0 Å². The monoisotopic (exact) mass is 475 g/mol. The van der Waals surface area contributed by atoms with Crippen molar-refractivity contribution in [2.75, 3.05) is 19.6 Å². The van der Waals surface area contributed by atoms with Crippen molar-refractivity contribution in [3.05, 3.63) is 66.6 Å². The van der Waals surface area contributed by atoms with E-state index in [-0.39, 0.29) is 12.0 Å². The zero-order valence-electron chi connectivity index (χ0n) is 20.6. The van der Waals surface area contributed by atoms with Crippen LogP contribution >= 0.6 is 0 Å². The summed E-state index contributed by atoms with van der Waals surface area (Å²) >= 11 is 0. The molecule has 1 fully saturated rings. The number of benzene rings is 1. The second-order valence-corrected chi connectivity index (χ2v) is 9.89. The van der Waals surface area contributed by atoms with Crippen LogP contribution in [0.4, 0.5) is 4.79 Å². The van der Waals surface area contributed by atoms with Crippen LogP contribution in [-0.4, -0.2) is 56.9 Å². The van der Waals surface area contributed by atoms with E-state index in [9.17, 15) is 9.59 Å². The number of carbonyl (C=O) groups is 2. The summed E-state index contributed by atoms with van der Waals surface area (Å²) in [6.07, 6.45) is 7.66. The average Bonchev–Trinajstić information content (AvgIpc) is 3.30. The molecule has 1 saturated heterocycles. The molecular formula is C27H33N5O3. The number of para-hydroxylation sites is 1. The van der Waals surface area contributed by atoms with E-state index in [1.165, 1.54) is 0 Å². The van der Waals surface area contributed by atoms with Crippen LogP contribution in [-0.2, 0) is 4.74 Å². The fourth-order valence-corrected chi connectivity index (χ4v) is 4.25. The number of pyridine rings is 1. The number of carbonyl (C=O) groups excluding carboxylic acids is 2. The first-order valence-corrected chi connectivity index (χ1v) is 12.1. The van der Waals surface area contributed by atoms with E-state index in [2.05, 4.69) is 15.4 Å². The molecule has 0 saturated carbocycles. The van der Waals surface area contributed by atoms with Crippen molar-refractivity contribution in [1.82, 2.24) is 25.0 Å². The molecule has 1 aromatic carbocycles. The molecule has 4 rings (SSSR count). The summed E-state index contributed by atoms with van der Waals surface area (Å²) in [6, 6.07) is 13.4. The number of amides is 2. The fraction of sp³-hybridized carbons (Fsp3) is 0.407. The molecule has 8 heteroatoms. The van der Waals surface area contributed by atoms with Gasteiger partial charge in [0.1, 0.15) is 11.3 Å². The highest BCUT2D eigenvalue weighted by Gasteiger charge is 2.27. The topological polar surface area (TPSA) is 89.4 Å². The third kappa shape index (κ3) is 6.47. The minimum absolute atomic E-state index is 0.175. The number of piperidine rings is 1. The number of nitrogens with zero attached hydrogens (tertiary/aromatic N) is 4. The lowest BCUT2D eigenvalue weighted by molar-refractivity contribution is 0.0161. The van der Waals surface area contributed by atoms with E-state index < -0.39 is 5.60 Å². The molecule has 1 unspecified atom stereocenters. The van der Waals surface area contributed by atoms with Crippen LogP contribution in [0.2, 0.25) is 0 Å². The average molecular weight is 476 g/mol. The summed E-state index contributed by atoms with van der Waals surface area (Å²) < 4.78 is 7.24. The lowest BCUT2D eigenvalue weighted by atomic mass is 9.95. The van der Waals surface area contributed by atoms with Gasteiger partial charge >= 0.3 is 6.09 Å². The van der Waals surface area contributed by atoms with Crippen LogP contribution in [0.15, 0.2) is 61.1 Å². The van der Waals surface area contributed by atoms with Crippen LogP contribution < -0.4 is 5.32 Å². The summed E-state index contributed by atoms with van der Waals surface area (Å²) in [5.41, 5.74) is 2.25. The molecule has 1 aliphatic heterocycles. The lowest BCUT2D eigenvalue weighted by Crippen LogP contribution is -2.43. The van der Waals surface area contributed by atoms with Gasteiger partial charge < -0.3 is 15.0 Å². The molecule has 1 atom stereocenters. The van der Waals surface area contributed by atoms with Gasteiger partial charge in [0.15, 0.2) is 0 Å². The second-order valence-electron chi connectivity index (χ2n) is 9.89. The van der Waals surface area contributed by atoms with Gasteiger partial charge in [0.05, 0.1) is 11.3 Å². The van der Waals surface area contributed by atoms with E-state index in [0.29, 0.717) is 36.8 Å². The third-order valence-electron chi connectivity index (χ3n) is 5.92. The number of ether oxygens (including phenoxy) is 1. The zero-order valence-corrected chi connectivity index (χ0v) is 20.6. The number of rotatable bonds is 6. The third-order valence-corrected chi connectivity index (χ3v) is 5.92. The number of aromatic nitrogens is 3. The molecule has 2 amide bonds. The van der Waals surface area contributed by atoms with Crippen LogP contribution in [0.5, 0.6) is 0 Å². The Hall–Kier alpha value is -3.68. The first kappa shape index (κ1) is 24.4. The summed E-state index contributed by atoms with van der Waals surface area (Å²) in [4.78, 5) is 31.6. The summed E-state index contributed by atoms with van der Waals surface area (Å²) in [7, 11) is 0. The van der Waals surface area contributed by atoms with Gasteiger partial charge in [-0.3, -0.25) is 9.78 Å². The zero-order chi connectivity index (χ0) is 24.8. The molecule has 35 heavy (non-hydrogen) atoms. The Bertz CT molecular complexity index is 1140. The SMILES string of the molecule is CC(C)(C)OC(=O)N1CCCC(CCNC(=O)c2cn(-c3ccccc3)nc2-c2cccnc2)C1. The number of likely N-dealkylation sites (tertiary alicyclic amines) is 1. The molecule has 8 nitrogen and oxygen atoms in total. The maximum atomic E-state index is 13.2. The van der Waals surface area contributed by atoms with Crippen molar-refractivity contribution in [2.24, 2.45) is 5.92 Å². The van der Waals surface area contributed by atoms with Crippen molar-refractivity contribution >= 4 is 12.0 Å². The maximum Gasteiger partial charge on any atom is 0.410 e. The smallest absolute Gasteiger partial charge is 0.410 e. The molecule has 1 aliphatic rings. The highest BCUT2D eigenvalue weighted by Crippen LogP contribution is 2.24. The van der Waals surface area contributed by atoms with Crippen molar-refractivity contribution in [2.45, 2.75) is 45.6 Å². The Balaban J connectivity index is 1.41. The summed E-state index contributed by atoms with van der Waals surface area (Å²) in [5, 5.41) is 7.74. The molecule has 0 radical (unpaired) electrons. The van der Waals surface area contributed by atoms with Crippen molar-refractivity contribution < 1.29 is 14.3 Å². The molecule has 184 valence electrons. The van der Waals surface area contributed by atoms with Gasteiger partial charge in [-0.15, -0.1) is 0 Å². The first-order valence-electron chi connectivity index (χ1n) is 12.1. The highest BCUT2D eigenvalue weighted by atomic mass is 16.6. The van der Waals surface area contributed by atoms with E-state index in [0.717, 1.165) is 30.5 Å². The number of hydrogen-bond acceptors (Lipinski definition) is 5.